The lowest BCUT2D eigenvalue weighted by Gasteiger charge is -2.37. The van der Waals surface area contributed by atoms with Crippen molar-refractivity contribution in [2.24, 2.45) is 0 Å². The third-order valence-corrected chi connectivity index (χ3v) is 5.06. The quantitative estimate of drug-likeness (QED) is 0.823. The number of hydrogen-bond donors (Lipinski definition) is 0. The molecule has 2 aromatic carbocycles. The summed E-state index contributed by atoms with van der Waals surface area (Å²) in [6.45, 7) is 3.45. The maximum Gasteiger partial charge on any atom is 0.263 e. The molecule has 138 valence electrons. The minimum absolute atomic E-state index is 0.0729. The van der Waals surface area contributed by atoms with Gasteiger partial charge in [0.25, 0.3) is 5.91 Å². The van der Waals surface area contributed by atoms with E-state index in [2.05, 4.69) is 31.1 Å². The number of rotatable bonds is 5. The Balaban J connectivity index is 1.60. The number of benzene rings is 2. The van der Waals surface area contributed by atoms with Gasteiger partial charge in [-0.25, -0.2) is 0 Å². The first kappa shape index (κ1) is 18.5. The number of likely N-dealkylation sites (tertiary alicyclic amines) is 1. The van der Waals surface area contributed by atoms with E-state index in [1.165, 1.54) is 5.56 Å². The van der Waals surface area contributed by atoms with Gasteiger partial charge >= 0.3 is 0 Å². The number of hydrogen-bond acceptors (Lipinski definition) is 3. The van der Waals surface area contributed by atoms with Crippen LogP contribution in [0, 0.1) is 0 Å². The Morgan fingerprint density at radius 1 is 1.08 bits per heavy atom. The highest BCUT2D eigenvalue weighted by Gasteiger charge is 2.28. The molecule has 1 heterocycles. The highest BCUT2D eigenvalue weighted by molar-refractivity contribution is 5.81. The van der Waals surface area contributed by atoms with Gasteiger partial charge in [0.1, 0.15) is 5.75 Å². The Bertz CT molecular complexity index is 713. The largest absolute Gasteiger partial charge is 0.481 e. The van der Waals surface area contributed by atoms with Crippen molar-refractivity contribution in [1.29, 1.82) is 0 Å². The lowest BCUT2D eigenvalue weighted by atomic mass is 10.0. The number of likely N-dealkylation sites (N-methyl/N-ethyl adjacent to an activating group) is 1. The molecule has 2 aromatic rings. The first-order valence-corrected chi connectivity index (χ1v) is 9.32. The number of carbonyl (C=O) groups is 1. The Morgan fingerprint density at radius 2 is 1.73 bits per heavy atom. The molecule has 0 spiro atoms. The first-order chi connectivity index (χ1) is 12.5. The lowest BCUT2D eigenvalue weighted by molar-refractivity contribution is -0.139. The third-order valence-electron chi connectivity index (χ3n) is 5.06. The molecule has 0 aliphatic carbocycles. The molecular weight excluding hydrogens is 324 g/mol. The fourth-order valence-corrected chi connectivity index (χ4v) is 3.44. The maximum absolute atomic E-state index is 12.7. The molecule has 3 rings (SSSR count). The highest BCUT2D eigenvalue weighted by atomic mass is 16.5. The van der Waals surface area contributed by atoms with Crippen molar-refractivity contribution < 1.29 is 9.53 Å². The fourth-order valence-electron chi connectivity index (χ4n) is 3.44. The van der Waals surface area contributed by atoms with E-state index in [-0.39, 0.29) is 5.91 Å². The molecule has 0 N–H and O–H groups in total. The number of piperidine rings is 1. The van der Waals surface area contributed by atoms with E-state index in [1.54, 1.807) is 0 Å². The SMILES string of the molecule is CC(Oc1ccc(-c2ccccc2)cc1)C(=O)N1CCCC(N(C)C)C1. The van der Waals surface area contributed by atoms with Crippen LogP contribution in [-0.4, -0.2) is 55.0 Å². The molecule has 0 radical (unpaired) electrons. The molecule has 2 atom stereocenters. The Morgan fingerprint density at radius 3 is 2.38 bits per heavy atom. The summed E-state index contributed by atoms with van der Waals surface area (Å²) in [7, 11) is 4.15. The van der Waals surface area contributed by atoms with Crippen LogP contribution >= 0.6 is 0 Å². The summed E-state index contributed by atoms with van der Waals surface area (Å²) < 4.78 is 5.91. The predicted octanol–water partition coefficient (Wildman–Crippen LogP) is 3.67. The molecule has 1 aliphatic heterocycles. The Kier molecular flexibility index (Phi) is 5.94. The molecule has 4 nitrogen and oxygen atoms in total. The van der Waals surface area contributed by atoms with Gasteiger partial charge in [-0.15, -0.1) is 0 Å². The van der Waals surface area contributed by atoms with E-state index in [0.29, 0.717) is 6.04 Å². The second kappa shape index (κ2) is 8.37. The van der Waals surface area contributed by atoms with E-state index < -0.39 is 6.10 Å². The second-order valence-corrected chi connectivity index (χ2v) is 7.19. The zero-order chi connectivity index (χ0) is 18.5. The summed E-state index contributed by atoms with van der Waals surface area (Å²) in [6.07, 6.45) is 1.72. The number of ether oxygens (including phenoxy) is 1. The highest BCUT2D eigenvalue weighted by Crippen LogP contribution is 2.23. The van der Waals surface area contributed by atoms with Gasteiger partial charge in [-0.2, -0.15) is 0 Å². The molecule has 4 heteroatoms. The summed E-state index contributed by atoms with van der Waals surface area (Å²) in [4.78, 5) is 16.9. The van der Waals surface area contributed by atoms with Crippen LogP contribution in [0.4, 0.5) is 0 Å². The van der Waals surface area contributed by atoms with Crippen molar-refractivity contribution >= 4 is 5.91 Å². The van der Waals surface area contributed by atoms with Crippen LogP contribution in [0.25, 0.3) is 11.1 Å². The monoisotopic (exact) mass is 352 g/mol. The first-order valence-electron chi connectivity index (χ1n) is 9.32. The van der Waals surface area contributed by atoms with Crippen molar-refractivity contribution in [2.75, 3.05) is 27.2 Å². The van der Waals surface area contributed by atoms with Crippen LogP contribution < -0.4 is 4.74 Å². The van der Waals surface area contributed by atoms with Crippen molar-refractivity contribution in [2.45, 2.75) is 31.9 Å². The lowest BCUT2D eigenvalue weighted by Crippen LogP contribution is -2.50. The van der Waals surface area contributed by atoms with E-state index in [0.717, 1.165) is 37.2 Å². The van der Waals surface area contributed by atoms with Gasteiger partial charge in [0.15, 0.2) is 6.10 Å². The third kappa shape index (κ3) is 4.44. The molecule has 1 saturated heterocycles. The summed E-state index contributed by atoms with van der Waals surface area (Å²) >= 11 is 0. The molecule has 0 saturated carbocycles. The average Bonchev–Trinajstić information content (AvgIpc) is 2.68. The molecule has 1 fully saturated rings. The van der Waals surface area contributed by atoms with Gasteiger partial charge in [-0.3, -0.25) is 4.79 Å². The molecule has 1 amide bonds. The summed E-state index contributed by atoms with van der Waals surface area (Å²) in [5.41, 5.74) is 2.31. The van der Waals surface area contributed by atoms with Crippen LogP contribution in [0.5, 0.6) is 5.75 Å². The van der Waals surface area contributed by atoms with Gasteiger partial charge in [-0.05, 0) is 57.1 Å². The van der Waals surface area contributed by atoms with Gasteiger partial charge in [-0.1, -0.05) is 42.5 Å². The topological polar surface area (TPSA) is 32.8 Å². The van der Waals surface area contributed by atoms with Crippen molar-refractivity contribution in [3.63, 3.8) is 0 Å². The van der Waals surface area contributed by atoms with Crippen molar-refractivity contribution in [1.82, 2.24) is 9.80 Å². The Hall–Kier alpha value is -2.33. The zero-order valence-corrected chi connectivity index (χ0v) is 15.9. The number of amides is 1. The summed E-state index contributed by atoms with van der Waals surface area (Å²) in [5, 5.41) is 0. The molecule has 2 unspecified atom stereocenters. The summed E-state index contributed by atoms with van der Waals surface area (Å²) in [6, 6.07) is 18.6. The van der Waals surface area contributed by atoms with Gasteiger partial charge in [0, 0.05) is 19.1 Å². The van der Waals surface area contributed by atoms with Crippen molar-refractivity contribution in [3.05, 3.63) is 54.6 Å². The predicted molar refractivity (Wildman–Crippen MR) is 105 cm³/mol. The molecule has 1 aliphatic rings. The van der Waals surface area contributed by atoms with Crippen molar-refractivity contribution in [3.8, 4) is 16.9 Å². The van der Waals surface area contributed by atoms with Crippen LogP contribution in [0.3, 0.4) is 0 Å². The fraction of sp³-hybridized carbons (Fsp3) is 0.409. The van der Waals surface area contributed by atoms with Crippen LogP contribution in [-0.2, 0) is 4.79 Å². The van der Waals surface area contributed by atoms with E-state index in [9.17, 15) is 4.79 Å². The van der Waals surface area contributed by atoms with E-state index >= 15 is 0 Å². The minimum Gasteiger partial charge on any atom is -0.481 e. The van der Waals surface area contributed by atoms with Crippen LogP contribution in [0.15, 0.2) is 54.6 Å². The van der Waals surface area contributed by atoms with Crippen LogP contribution in [0.2, 0.25) is 0 Å². The second-order valence-electron chi connectivity index (χ2n) is 7.19. The molecular formula is C22H28N2O2. The van der Waals surface area contributed by atoms with E-state index in [4.69, 9.17) is 4.74 Å². The Labute approximate surface area is 156 Å². The zero-order valence-electron chi connectivity index (χ0n) is 15.9. The van der Waals surface area contributed by atoms with Gasteiger partial charge < -0.3 is 14.5 Å². The number of nitrogens with zero attached hydrogens (tertiary/aromatic N) is 2. The standard InChI is InChI=1S/C22H28N2O2/c1-17(22(25)24-15-7-10-20(16-24)23(2)3)26-21-13-11-19(12-14-21)18-8-5-4-6-9-18/h4-6,8-9,11-14,17,20H,7,10,15-16H2,1-3H3. The van der Waals surface area contributed by atoms with Crippen LogP contribution in [0.1, 0.15) is 19.8 Å². The minimum atomic E-state index is -0.474. The molecule has 0 bridgehead atoms. The van der Waals surface area contributed by atoms with Gasteiger partial charge in [0.2, 0.25) is 0 Å². The average molecular weight is 352 g/mol. The molecule has 0 aromatic heterocycles. The summed E-state index contributed by atoms with van der Waals surface area (Å²) in [5.74, 6) is 0.801. The maximum atomic E-state index is 12.7. The van der Waals surface area contributed by atoms with E-state index in [1.807, 2.05) is 54.3 Å². The number of carbonyl (C=O) groups excluding carboxylic acids is 1. The smallest absolute Gasteiger partial charge is 0.263 e. The molecule has 26 heavy (non-hydrogen) atoms. The normalized spacial score (nSPS) is 18.6. The van der Waals surface area contributed by atoms with Gasteiger partial charge in [0.05, 0.1) is 0 Å².